The highest BCUT2D eigenvalue weighted by atomic mass is 35.5. The van der Waals surface area contributed by atoms with E-state index in [0.29, 0.717) is 11.7 Å². The third-order valence-electron chi connectivity index (χ3n) is 3.66. The van der Waals surface area contributed by atoms with Gasteiger partial charge in [0.1, 0.15) is 0 Å². The van der Waals surface area contributed by atoms with Crippen molar-refractivity contribution in [2.45, 2.75) is 25.9 Å². The zero-order valence-corrected chi connectivity index (χ0v) is 15.2. The van der Waals surface area contributed by atoms with Gasteiger partial charge in [0.05, 0.1) is 11.4 Å². The molecule has 1 saturated heterocycles. The third-order valence-corrected chi connectivity index (χ3v) is 4.53. The summed E-state index contributed by atoms with van der Waals surface area (Å²) in [5.74, 6) is 1.38. The molecule has 1 fully saturated rings. The lowest BCUT2D eigenvalue weighted by molar-refractivity contribution is 0.103. The number of nitrogens with two attached hydrogens (primary N) is 1. The van der Waals surface area contributed by atoms with Gasteiger partial charge in [0.15, 0.2) is 0 Å². The van der Waals surface area contributed by atoms with Crippen molar-refractivity contribution in [2.75, 3.05) is 32.7 Å². The van der Waals surface area contributed by atoms with E-state index >= 15 is 0 Å². The summed E-state index contributed by atoms with van der Waals surface area (Å²) >= 11 is 1.62. The molecule has 8 heteroatoms. The normalized spacial score (nSPS) is 17.2. The smallest absolute Gasteiger partial charge is 0.241 e. The van der Waals surface area contributed by atoms with Crippen molar-refractivity contribution < 1.29 is 4.52 Å². The zero-order chi connectivity index (χ0) is 15.6. The summed E-state index contributed by atoms with van der Waals surface area (Å²) in [7, 11) is 0. The average Bonchev–Trinajstić information content (AvgIpc) is 3.10. The molecule has 0 bridgehead atoms. The van der Waals surface area contributed by atoms with Crippen LogP contribution in [0.1, 0.15) is 19.7 Å². The molecular weight excluding hydrogens is 334 g/mol. The van der Waals surface area contributed by atoms with Crippen LogP contribution in [0.15, 0.2) is 22.0 Å². The standard InChI is InChI=1S/C15H23N5OS.ClH/c1-15(2,16)11-20-7-5-19(6-8-20)10-13-17-14(18-21-13)12-4-3-9-22-12;/h3-4,9H,5-8,10-11,16H2,1-2H3;1H. The largest absolute Gasteiger partial charge is 0.338 e. The predicted molar refractivity (Wildman–Crippen MR) is 94.8 cm³/mol. The Morgan fingerprint density at radius 3 is 2.57 bits per heavy atom. The Morgan fingerprint density at radius 1 is 1.26 bits per heavy atom. The van der Waals surface area contributed by atoms with Crippen molar-refractivity contribution in [1.82, 2.24) is 19.9 Å². The van der Waals surface area contributed by atoms with Gasteiger partial charge in [-0.2, -0.15) is 4.98 Å². The van der Waals surface area contributed by atoms with Crippen LogP contribution in [0.2, 0.25) is 0 Å². The van der Waals surface area contributed by atoms with Gasteiger partial charge in [-0.1, -0.05) is 11.2 Å². The monoisotopic (exact) mass is 357 g/mol. The van der Waals surface area contributed by atoms with E-state index in [-0.39, 0.29) is 17.9 Å². The van der Waals surface area contributed by atoms with Gasteiger partial charge >= 0.3 is 0 Å². The molecule has 0 saturated carbocycles. The van der Waals surface area contributed by atoms with E-state index in [1.54, 1.807) is 11.3 Å². The number of halogens is 1. The molecule has 128 valence electrons. The second kappa shape index (κ2) is 7.72. The molecule has 2 N–H and O–H groups in total. The zero-order valence-electron chi connectivity index (χ0n) is 13.6. The number of rotatable bonds is 5. The highest BCUT2D eigenvalue weighted by Gasteiger charge is 2.23. The molecular formula is C15H24ClN5OS. The number of aromatic nitrogens is 2. The van der Waals surface area contributed by atoms with E-state index in [9.17, 15) is 0 Å². The highest BCUT2D eigenvalue weighted by Crippen LogP contribution is 2.21. The van der Waals surface area contributed by atoms with Gasteiger partial charge in [-0.15, -0.1) is 23.7 Å². The van der Waals surface area contributed by atoms with Crippen LogP contribution in [0.3, 0.4) is 0 Å². The molecule has 0 amide bonds. The first kappa shape index (κ1) is 18.4. The highest BCUT2D eigenvalue weighted by molar-refractivity contribution is 7.13. The van der Waals surface area contributed by atoms with E-state index in [4.69, 9.17) is 10.3 Å². The predicted octanol–water partition coefficient (Wildman–Crippen LogP) is 2.07. The van der Waals surface area contributed by atoms with E-state index in [0.717, 1.165) is 44.1 Å². The lowest BCUT2D eigenvalue weighted by atomic mass is 10.1. The van der Waals surface area contributed by atoms with Gasteiger partial charge in [-0.25, -0.2) is 0 Å². The van der Waals surface area contributed by atoms with Crippen LogP contribution in [0, 0.1) is 0 Å². The maximum absolute atomic E-state index is 6.09. The molecule has 0 atom stereocenters. The molecule has 2 aromatic heterocycles. The quantitative estimate of drug-likeness (QED) is 0.883. The molecule has 6 nitrogen and oxygen atoms in total. The summed E-state index contributed by atoms with van der Waals surface area (Å²) in [4.78, 5) is 10.3. The Hall–Kier alpha value is -0.990. The lowest BCUT2D eigenvalue weighted by Gasteiger charge is -2.37. The van der Waals surface area contributed by atoms with Crippen LogP contribution in [0.4, 0.5) is 0 Å². The topological polar surface area (TPSA) is 71.4 Å². The molecule has 3 rings (SSSR count). The summed E-state index contributed by atoms with van der Waals surface area (Å²) in [6.45, 7) is 9.88. The summed E-state index contributed by atoms with van der Waals surface area (Å²) in [6.07, 6.45) is 0. The third kappa shape index (κ3) is 5.26. The van der Waals surface area contributed by atoms with Crippen LogP contribution in [0.25, 0.3) is 10.7 Å². The van der Waals surface area contributed by atoms with Gasteiger partial charge in [0, 0.05) is 38.3 Å². The first-order valence-electron chi connectivity index (χ1n) is 7.60. The van der Waals surface area contributed by atoms with Gasteiger partial charge in [-0.05, 0) is 25.3 Å². The average molecular weight is 358 g/mol. The Morgan fingerprint density at radius 2 is 1.96 bits per heavy atom. The van der Waals surface area contributed by atoms with Crippen LogP contribution in [-0.4, -0.2) is 58.2 Å². The molecule has 0 unspecified atom stereocenters. The molecule has 23 heavy (non-hydrogen) atoms. The number of thiophene rings is 1. The number of hydrogen-bond donors (Lipinski definition) is 1. The van der Waals surface area contributed by atoms with Crippen LogP contribution in [0.5, 0.6) is 0 Å². The molecule has 0 aliphatic carbocycles. The van der Waals surface area contributed by atoms with E-state index < -0.39 is 0 Å². The van der Waals surface area contributed by atoms with Crippen molar-refractivity contribution >= 4 is 23.7 Å². The van der Waals surface area contributed by atoms with E-state index in [2.05, 4.69) is 33.8 Å². The Kier molecular flexibility index (Phi) is 6.16. The van der Waals surface area contributed by atoms with Crippen molar-refractivity contribution in [3.63, 3.8) is 0 Å². The van der Waals surface area contributed by atoms with Crippen LogP contribution >= 0.6 is 23.7 Å². The van der Waals surface area contributed by atoms with Gasteiger partial charge < -0.3 is 10.3 Å². The van der Waals surface area contributed by atoms with Gasteiger partial charge in [0.2, 0.25) is 11.7 Å². The second-order valence-corrected chi connectivity index (χ2v) is 7.48. The van der Waals surface area contributed by atoms with Crippen molar-refractivity contribution in [3.8, 4) is 10.7 Å². The van der Waals surface area contributed by atoms with Gasteiger partial charge in [0.25, 0.3) is 0 Å². The minimum absolute atomic E-state index is 0. The molecule has 2 aromatic rings. The van der Waals surface area contributed by atoms with Crippen molar-refractivity contribution in [1.29, 1.82) is 0 Å². The molecule has 0 radical (unpaired) electrons. The minimum atomic E-state index is -0.135. The molecule has 0 aromatic carbocycles. The van der Waals surface area contributed by atoms with Crippen molar-refractivity contribution in [2.24, 2.45) is 5.73 Å². The second-order valence-electron chi connectivity index (χ2n) is 6.53. The summed E-state index contributed by atoms with van der Waals surface area (Å²) < 4.78 is 5.37. The maximum Gasteiger partial charge on any atom is 0.241 e. The Labute approximate surface area is 147 Å². The summed E-state index contributed by atoms with van der Waals surface area (Å²) in [6, 6.07) is 4.00. The Bertz CT molecular complexity index is 587. The fourth-order valence-corrected chi connectivity index (χ4v) is 3.35. The van der Waals surface area contributed by atoms with E-state index in [1.165, 1.54) is 0 Å². The van der Waals surface area contributed by atoms with Gasteiger partial charge in [-0.3, -0.25) is 9.80 Å². The number of nitrogens with zero attached hydrogens (tertiary/aromatic N) is 4. The lowest BCUT2D eigenvalue weighted by Crippen LogP contribution is -2.52. The van der Waals surface area contributed by atoms with Crippen LogP contribution < -0.4 is 5.73 Å². The first-order chi connectivity index (χ1) is 10.5. The fraction of sp³-hybridized carbons (Fsp3) is 0.600. The van der Waals surface area contributed by atoms with Crippen LogP contribution in [-0.2, 0) is 6.54 Å². The molecule has 1 aliphatic heterocycles. The maximum atomic E-state index is 6.09. The minimum Gasteiger partial charge on any atom is -0.338 e. The van der Waals surface area contributed by atoms with E-state index in [1.807, 2.05) is 17.5 Å². The fourth-order valence-electron chi connectivity index (χ4n) is 2.70. The summed E-state index contributed by atoms with van der Waals surface area (Å²) in [5, 5.41) is 6.08. The SMILES string of the molecule is CC(C)(N)CN1CCN(Cc2nc(-c3cccs3)no2)CC1.Cl. The number of piperazine rings is 1. The molecule has 1 aliphatic rings. The molecule has 3 heterocycles. The molecule has 0 spiro atoms. The number of hydrogen-bond acceptors (Lipinski definition) is 7. The first-order valence-corrected chi connectivity index (χ1v) is 8.48. The Balaban J connectivity index is 0.00000192. The van der Waals surface area contributed by atoms with Crippen molar-refractivity contribution in [3.05, 3.63) is 23.4 Å². The summed E-state index contributed by atoms with van der Waals surface area (Å²) in [5.41, 5.74) is 5.95.